The molecule has 1 N–H and O–H groups in total. The Bertz CT molecular complexity index is 391. The van der Waals surface area contributed by atoms with Crippen LogP contribution in [-0.4, -0.2) is 11.1 Å². The van der Waals surface area contributed by atoms with Crippen molar-refractivity contribution in [3.8, 4) is 0 Å². The molecule has 2 nitrogen and oxygen atoms in total. The summed E-state index contributed by atoms with van der Waals surface area (Å²) in [5.74, 6) is -1.11. The first kappa shape index (κ1) is 6.54. The number of aromatic carboxylic acids is 1. The Kier molecular flexibility index (Phi) is 1.98. The van der Waals surface area contributed by atoms with Crippen LogP contribution in [0.1, 0.15) is 25.6 Å². The highest BCUT2D eigenvalue weighted by Gasteiger charge is 2.06. The number of thiol groups is 1. The minimum atomic E-state index is -1.11. The third kappa shape index (κ3) is 1.80. The Labute approximate surface area is 79.4 Å². The second kappa shape index (κ2) is 3.63. The van der Waals surface area contributed by atoms with Crippen molar-refractivity contribution in [2.24, 2.45) is 0 Å². The van der Waals surface area contributed by atoms with E-state index < -0.39 is 5.97 Å². The van der Waals surface area contributed by atoms with Gasteiger partial charge in [0.25, 0.3) is 0 Å². The molecule has 0 bridgehead atoms. The van der Waals surface area contributed by atoms with Gasteiger partial charge in [0.15, 0.2) is 0 Å². The van der Waals surface area contributed by atoms with E-state index >= 15 is 0 Å². The number of hydrogen-bond acceptors (Lipinski definition) is 2. The molecule has 0 aliphatic rings. The van der Waals surface area contributed by atoms with Crippen molar-refractivity contribution in [3.63, 3.8) is 0 Å². The van der Waals surface area contributed by atoms with Gasteiger partial charge in [0.1, 0.15) is 0 Å². The highest BCUT2D eigenvalue weighted by Crippen LogP contribution is 2.15. The second-order valence-corrected chi connectivity index (χ2v) is 2.79. The van der Waals surface area contributed by atoms with Crippen LogP contribution in [0.2, 0.25) is 0 Å². The fraction of sp³-hybridized carbons (Fsp3) is 0.222. The summed E-state index contributed by atoms with van der Waals surface area (Å²) in [7, 11) is 0. The highest BCUT2D eigenvalue weighted by molar-refractivity contribution is 7.80. The number of aryl methyl sites for hydroxylation is 1. The van der Waals surface area contributed by atoms with Gasteiger partial charge >= 0.3 is 5.97 Å². The van der Waals surface area contributed by atoms with E-state index in [1.807, 2.05) is 6.92 Å². The quantitative estimate of drug-likeness (QED) is 0.692. The molecule has 0 saturated heterocycles. The zero-order valence-corrected chi connectivity index (χ0v) is 7.48. The van der Waals surface area contributed by atoms with Crippen molar-refractivity contribution in [2.75, 3.05) is 0 Å². The molecule has 0 amide bonds. The predicted molar refractivity (Wildman–Crippen MR) is 50.0 cm³/mol. The van der Waals surface area contributed by atoms with Crippen LogP contribution in [0.4, 0.5) is 0 Å². The number of carboxylic acids is 1. The lowest BCUT2D eigenvalue weighted by Gasteiger charge is -2.01. The second-order valence-electron chi connectivity index (χ2n) is 2.34. The third-order valence-corrected chi connectivity index (χ3v) is 1.88. The first-order valence-electron chi connectivity index (χ1n) is 4.54. The topological polar surface area (TPSA) is 37.3 Å². The van der Waals surface area contributed by atoms with E-state index in [1.165, 1.54) is 6.07 Å². The summed E-state index contributed by atoms with van der Waals surface area (Å²) >= 11 is 3.92. The molecule has 12 heavy (non-hydrogen) atoms. The summed E-state index contributed by atoms with van der Waals surface area (Å²) in [4.78, 5) is 10.8. The highest BCUT2D eigenvalue weighted by atomic mass is 32.1. The number of carboxylic acid groups (broad SMARTS) is 1. The largest absolute Gasteiger partial charge is 0.478 e. The summed E-state index contributed by atoms with van der Waals surface area (Å²) < 4.78 is 15.0. The van der Waals surface area contributed by atoms with Gasteiger partial charge < -0.3 is 5.11 Å². The van der Waals surface area contributed by atoms with Crippen LogP contribution < -0.4 is 0 Å². The van der Waals surface area contributed by atoms with Crippen LogP contribution in [0.5, 0.6) is 0 Å². The van der Waals surface area contributed by atoms with E-state index in [0.717, 1.165) is 0 Å². The number of carbonyl (C=O) groups is 1. The van der Waals surface area contributed by atoms with Crippen molar-refractivity contribution in [3.05, 3.63) is 29.3 Å². The first-order chi connectivity index (χ1) is 6.49. The van der Waals surface area contributed by atoms with Crippen molar-refractivity contribution in [2.45, 2.75) is 18.2 Å². The normalized spacial score (nSPS) is 12.2. The average Bonchev–Trinajstić information content (AvgIpc) is 2.14. The maximum Gasteiger partial charge on any atom is 0.336 e. The molecule has 64 valence electrons. The molecular formula is C9H10O2S. The maximum absolute atomic E-state index is 10.8. The van der Waals surface area contributed by atoms with Crippen LogP contribution in [0.25, 0.3) is 0 Å². The number of rotatable bonds is 2. The van der Waals surface area contributed by atoms with Gasteiger partial charge in [-0.2, -0.15) is 0 Å². The van der Waals surface area contributed by atoms with Gasteiger partial charge in [-0.05, 0) is 24.1 Å². The van der Waals surface area contributed by atoms with Gasteiger partial charge in [0.05, 0.1) is 8.30 Å². The summed E-state index contributed by atoms with van der Waals surface area (Å²) in [6.45, 7) is 1.82. The van der Waals surface area contributed by atoms with Gasteiger partial charge in [-0.25, -0.2) is 4.79 Å². The Morgan fingerprint density at radius 3 is 2.92 bits per heavy atom. The van der Waals surface area contributed by atoms with Gasteiger partial charge in [0.2, 0.25) is 0 Å². The molecule has 3 heteroatoms. The van der Waals surface area contributed by atoms with Crippen molar-refractivity contribution < 1.29 is 12.6 Å². The summed E-state index contributed by atoms with van der Waals surface area (Å²) in [6.07, 6.45) is 0.541. The molecular weight excluding hydrogens is 172 g/mol. The van der Waals surface area contributed by atoms with Gasteiger partial charge in [-0.15, -0.1) is 12.6 Å². The standard InChI is InChI=1S/C9H10O2S/c1-2-6-3-4-8(12)7(5-6)9(10)11/h3-5,12H,2H2,1H3,(H,10,11)/i3D,4D. The van der Waals surface area contributed by atoms with Gasteiger partial charge in [-0.3, -0.25) is 0 Å². The molecule has 0 spiro atoms. The van der Waals surface area contributed by atoms with E-state index in [4.69, 9.17) is 7.85 Å². The van der Waals surface area contributed by atoms with Crippen LogP contribution in [0, 0.1) is 0 Å². The van der Waals surface area contributed by atoms with Crippen molar-refractivity contribution >= 4 is 18.6 Å². The van der Waals surface area contributed by atoms with Crippen molar-refractivity contribution in [1.82, 2.24) is 0 Å². The minimum Gasteiger partial charge on any atom is -0.478 e. The minimum absolute atomic E-state index is 0.00816. The van der Waals surface area contributed by atoms with Crippen LogP contribution >= 0.6 is 12.6 Å². The Balaban J connectivity index is 3.48. The van der Waals surface area contributed by atoms with E-state index in [-0.39, 0.29) is 22.5 Å². The number of benzene rings is 1. The molecule has 1 aromatic rings. The summed E-state index contributed by atoms with van der Waals surface area (Å²) in [5, 5.41) is 8.81. The molecule has 1 aromatic carbocycles. The lowest BCUT2D eigenvalue weighted by Crippen LogP contribution is -1.98. The monoisotopic (exact) mass is 184 g/mol. The van der Waals surface area contributed by atoms with Gasteiger partial charge in [0, 0.05) is 4.90 Å². The van der Waals surface area contributed by atoms with E-state index in [2.05, 4.69) is 12.6 Å². The number of hydrogen-bond donors (Lipinski definition) is 2. The Morgan fingerprint density at radius 1 is 1.75 bits per heavy atom. The molecule has 0 aromatic heterocycles. The average molecular weight is 184 g/mol. The molecule has 0 radical (unpaired) electrons. The van der Waals surface area contributed by atoms with Crippen LogP contribution in [-0.2, 0) is 6.42 Å². The molecule has 0 aliphatic heterocycles. The van der Waals surface area contributed by atoms with Crippen LogP contribution in [0.3, 0.4) is 0 Å². The fourth-order valence-corrected chi connectivity index (χ4v) is 1.06. The Morgan fingerprint density at radius 2 is 2.42 bits per heavy atom. The zero-order chi connectivity index (χ0) is 10.9. The summed E-state index contributed by atoms with van der Waals surface area (Å²) in [6, 6.07) is 1.35. The molecule has 0 atom stereocenters. The molecule has 0 unspecified atom stereocenters. The van der Waals surface area contributed by atoms with E-state index in [0.29, 0.717) is 12.0 Å². The molecule has 0 saturated carbocycles. The van der Waals surface area contributed by atoms with Crippen molar-refractivity contribution in [1.29, 1.82) is 0 Å². The zero-order valence-electron chi connectivity index (χ0n) is 8.59. The predicted octanol–water partition coefficient (Wildman–Crippen LogP) is 2.24. The van der Waals surface area contributed by atoms with E-state index in [9.17, 15) is 4.79 Å². The molecule has 1 rings (SSSR count). The first-order valence-corrected chi connectivity index (χ1v) is 3.99. The maximum atomic E-state index is 10.8. The molecule has 0 fully saturated rings. The fourth-order valence-electron chi connectivity index (χ4n) is 0.839. The Hall–Kier alpha value is -0.960. The summed E-state index contributed by atoms with van der Waals surface area (Å²) in [5.41, 5.74) is 0.552. The SMILES string of the molecule is [2H]c1c(CC)cc(C(=O)O)c(S)c1[2H]. The third-order valence-electron chi connectivity index (χ3n) is 1.53. The smallest absolute Gasteiger partial charge is 0.336 e. The van der Waals surface area contributed by atoms with Crippen LogP contribution in [0.15, 0.2) is 23.0 Å². The molecule has 0 aliphatic carbocycles. The van der Waals surface area contributed by atoms with E-state index in [1.54, 1.807) is 0 Å². The molecule has 0 heterocycles. The van der Waals surface area contributed by atoms with Gasteiger partial charge in [-0.1, -0.05) is 13.0 Å². The lowest BCUT2D eigenvalue weighted by atomic mass is 10.1. The lowest BCUT2D eigenvalue weighted by molar-refractivity contribution is 0.0693.